The summed E-state index contributed by atoms with van der Waals surface area (Å²) in [4.78, 5) is 0.00356. The monoisotopic (exact) mass is 317 g/mol. The molecule has 0 atom stereocenters. The number of sulfonamides is 1. The first-order valence-corrected chi connectivity index (χ1v) is 8.15. The van der Waals surface area contributed by atoms with E-state index in [1.807, 2.05) is 6.92 Å². The topological polar surface area (TPSA) is 84.9 Å². The van der Waals surface area contributed by atoms with E-state index >= 15 is 0 Å². The number of ether oxygens (including phenoxy) is 2. The zero-order valence-electron chi connectivity index (χ0n) is 12.8. The molecule has 120 valence electrons. The average molecular weight is 317 g/mol. The smallest absolute Gasteiger partial charge is 0.244 e. The molecule has 1 aromatic carbocycles. The van der Waals surface area contributed by atoms with E-state index in [-0.39, 0.29) is 23.8 Å². The Labute approximate surface area is 126 Å². The van der Waals surface area contributed by atoms with Crippen LogP contribution in [0.15, 0.2) is 23.1 Å². The molecule has 0 saturated carbocycles. The summed E-state index contributed by atoms with van der Waals surface area (Å²) >= 11 is 0. The number of hydrogen-bond acceptors (Lipinski definition) is 5. The summed E-state index contributed by atoms with van der Waals surface area (Å²) in [6.45, 7) is 5.86. The van der Waals surface area contributed by atoms with E-state index in [1.54, 1.807) is 19.9 Å². The molecule has 0 aliphatic rings. The van der Waals surface area contributed by atoms with Crippen LogP contribution in [-0.4, -0.2) is 39.4 Å². The average Bonchev–Trinajstić information content (AvgIpc) is 2.44. The highest BCUT2D eigenvalue weighted by Crippen LogP contribution is 2.25. The van der Waals surface area contributed by atoms with Crippen molar-refractivity contribution in [3.63, 3.8) is 0 Å². The van der Waals surface area contributed by atoms with Crippen LogP contribution >= 0.6 is 0 Å². The molecule has 0 unspecified atom stereocenters. The quantitative estimate of drug-likeness (QED) is 0.754. The summed E-state index contributed by atoms with van der Waals surface area (Å²) in [5.41, 5.74) is -0.107. The molecular weight excluding hydrogens is 294 g/mol. The number of benzene rings is 1. The van der Waals surface area contributed by atoms with Gasteiger partial charge >= 0.3 is 0 Å². The van der Waals surface area contributed by atoms with Crippen molar-refractivity contribution in [3.8, 4) is 5.75 Å². The third-order valence-electron chi connectivity index (χ3n) is 2.92. The van der Waals surface area contributed by atoms with Gasteiger partial charge in [0.15, 0.2) is 0 Å². The molecule has 0 radical (unpaired) electrons. The summed E-state index contributed by atoms with van der Waals surface area (Å²) in [6.07, 6.45) is 0. The van der Waals surface area contributed by atoms with Gasteiger partial charge in [0.25, 0.3) is 0 Å². The maximum absolute atomic E-state index is 12.4. The van der Waals surface area contributed by atoms with Crippen molar-refractivity contribution in [1.29, 1.82) is 0 Å². The van der Waals surface area contributed by atoms with Gasteiger partial charge in [0.1, 0.15) is 10.6 Å². The largest absolute Gasteiger partial charge is 0.495 e. The summed E-state index contributed by atoms with van der Waals surface area (Å²) in [6, 6.07) is 4.53. The molecule has 0 heterocycles. The van der Waals surface area contributed by atoms with Crippen molar-refractivity contribution in [2.75, 3.05) is 20.3 Å². The molecule has 0 bridgehead atoms. The number of rotatable bonds is 8. The minimum Gasteiger partial charge on any atom is -0.495 e. The van der Waals surface area contributed by atoms with Gasteiger partial charge < -0.3 is 14.6 Å². The molecule has 2 N–H and O–H groups in total. The summed E-state index contributed by atoms with van der Waals surface area (Å²) in [5.74, 6) is 0.230. The Morgan fingerprint density at radius 3 is 2.52 bits per heavy atom. The van der Waals surface area contributed by atoms with Crippen LogP contribution in [0.5, 0.6) is 5.75 Å². The van der Waals surface area contributed by atoms with E-state index in [0.29, 0.717) is 12.2 Å². The summed E-state index contributed by atoms with van der Waals surface area (Å²) in [7, 11) is -2.35. The lowest BCUT2D eigenvalue weighted by molar-refractivity contribution is -0.00515. The molecule has 0 fully saturated rings. The number of methoxy groups -OCH3 is 1. The molecule has 7 heteroatoms. The SMILES string of the molecule is CCOC(C)(C)CNS(=O)(=O)c1cc(CO)ccc1OC. The lowest BCUT2D eigenvalue weighted by atomic mass is 10.1. The van der Waals surface area contributed by atoms with Crippen LogP contribution in [-0.2, 0) is 21.4 Å². The second-order valence-corrected chi connectivity index (χ2v) is 6.90. The minimum absolute atomic E-state index is 0.00356. The van der Waals surface area contributed by atoms with Gasteiger partial charge in [-0.3, -0.25) is 0 Å². The van der Waals surface area contributed by atoms with Gasteiger partial charge in [-0.1, -0.05) is 6.07 Å². The zero-order valence-corrected chi connectivity index (χ0v) is 13.7. The van der Waals surface area contributed by atoms with Crippen LogP contribution in [0.2, 0.25) is 0 Å². The van der Waals surface area contributed by atoms with Crippen molar-refractivity contribution >= 4 is 10.0 Å². The molecule has 0 saturated heterocycles. The van der Waals surface area contributed by atoms with Crippen molar-refractivity contribution in [2.45, 2.75) is 37.9 Å². The molecule has 0 amide bonds. The standard InChI is InChI=1S/C14H23NO5S/c1-5-20-14(2,3)10-15-21(17,18)13-8-11(9-16)6-7-12(13)19-4/h6-8,15-16H,5,9-10H2,1-4H3. The molecule has 1 rings (SSSR count). The first-order chi connectivity index (χ1) is 9.75. The highest BCUT2D eigenvalue weighted by Gasteiger charge is 2.25. The molecule has 21 heavy (non-hydrogen) atoms. The van der Waals surface area contributed by atoms with Crippen LogP contribution in [0.1, 0.15) is 26.3 Å². The Balaban J connectivity index is 3.02. The van der Waals surface area contributed by atoms with Gasteiger partial charge in [-0.2, -0.15) is 0 Å². The summed E-state index contributed by atoms with van der Waals surface area (Å²) < 4.78 is 37.9. The second-order valence-electron chi connectivity index (χ2n) is 5.16. The minimum atomic E-state index is -3.75. The Hall–Kier alpha value is -1.15. The maximum atomic E-state index is 12.4. The van der Waals surface area contributed by atoms with E-state index in [0.717, 1.165) is 0 Å². The fourth-order valence-electron chi connectivity index (χ4n) is 1.82. The van der Waals surface area contributed by atoms with Gasteiger partial charge in [-0.05, 0) is 38.5 Å². The van der Waals surface area contributed by atoms with Crippen LogP contribution in [0.4, 0.5) is 0 Å². The van der Waals surface area contributed by atoms with E-state index in [2.05, 4.69) is 4.72 Å². The molecular formula is C14H23NO5S. The van der Waals surface area contributed by atoms with Crippen molar-refractivity contribution in [3.05, 3.63) is 23.8 Å². The molecule has 0 aliphatic carbocycles. The Bertz CT molecular complexity index is 569. The third kappa shape index (κ3) is 4.96. The molecule has 1 aromatic rings. The fourth-order valence-corrected chi connectivity index (χ4v) is 3.23. The number of hydrogen-bond donors (Lipinski definition) is 2. The number of aliphatic hydroxyl groups is 1. The van der Waals surface area contributed by atoms with Crippen molar-refractivity contribution in [1.82, 2.24) is 4.72 Å². The van der Waals surface area contributed by atoms with E-state index in [1.165, 1.54) is 19.2 Å². The highest BCUT2D eigenvalue weighted by atomic mass is 32.2. The van der Waals surface area contributed by atoms with E-state index in [4.69, 9.17) is 14.6 Å². The summed E-state index contributed by atoms with van der Waals surface area (Å²) in [5, 5.41) is 9.14. The lowest BCUT2D eigenvalue weighted by Crippen LogP contribution is -2.40. The van der Waals surface area contributed by atoms with Gasteiger partial charge in [0, 0.05) is 13.2 Å². The third-order valence-corrected chi connectivity index (χ3v) is 4.35. The predicted molar refractivity (Wildman–Crippen MR) is 79.8 cm³/mol. The maximum Gasteiger partial charge on any atom is 0.244 e. The van der Waals surface area contributed by atoms with E-state index in [9.17, 15) is 8.42 Å². The van der Waals surface area contributed by atoms with E-state index < -0.39 is 15.6 Å². The highest BCUT2D eigenvalue weighted by molar-refractivity contribution is 7.89. The normalized spacial score (nSPS) is 12.4. The zero-order chi connectivity index (χ0) is 16.1. The lowest BCUT2D eigenvalue weighted by Gasteiger charge is -2.25. The molecule has 0 aliphatic heterocycles. The van der Waals surface area contributed by atoms with Crippen LogP contribution in [0.3, 0.4) is 0 Å². The first kappa shape index (κ1) is 17.9. The van der Waals surface area contributed by atoms with Gasteiger partial charge in [0.05, 0.1) is 19.3 Å². The van der Waals surface area contributed by atoms with Gasteiger partial charge in [-0.25, -0.2) is 13.1 Å². The van der Waals surface area contributed by atoms with Gasteiger partial charge in [-0.15, -0.1) is 0 Å². The number of nitrogens with one attached hydrogen (secondary N) is 1. The molecule has 0 aromatic heterocycles. The van der Waals surface area contributed by atoms with Crippen LogP contribution in [0, 0.1) is 0 Å². The number of aliphatic hydroxyl groups excluding tert-OH is 1. The Morgan fingerprint density at radius 1 is 1.33 bits per heavy atom. The predicted octanol–water partition coefficient (Wildman–Crippen LogP) is 1.28. The molecule has 0 spiro atoms. The van der Waals surface area contributed by atoms with Crippen LogP contribution < -0.4 is 9.46 Å². The van der Waals surface area contributed by atoms with Gasteiger partial charge in [0.2, 0.25) is 10.0 Å². The molecule has 6 nitrogen and oxygen atoms in total. The fraction of sp³-hybridized carbons (Fsp3) is 0.571. The van der Waals surface area contributed by atoms with Crippen LogP contribution in [0.25, 0.3) is 0 Å². The van der Waals surface area contributed by atoms with Crippen molar-refractivity contribution in [2.24, 2.45) is 0 Å². The van der Waals surface area contributed by atoms with Crippen molar-refractivity contribution < 1.29 is 23.0 Å². The second kappa shape index (κ2) is 7.22. The Morgan fingerprint density at radius 2 is 2.00 bits per heavy atom. The first-order valence-electron chi connectivity index (χ1n) is 6.67. The Kier molecular flexibility index (Phi) is 6.15.